The molecule has 2 rings (SSSR count). The summed E-state index contributed by atoms with van der Waals surface area (Å²) < 4.78 is 0. The maximum absolute atomic E-state index is 14.4. The van der Waals surface area contributed by atoms with Gasteiger partial charge >= 0.3 is 17.9 Å². The molecule has 0 radical (unpaired) electrons. The van der Waals surface area contributed by atoms with Crippen LogP contribution in [0.15, 0.2) is 40.4 Å². The number of aliphatic hydroxyl groups excluding tert-OH is 1. The van der Waals surface area contributed by atoms with Crippen LogP contribution in [0.1, 0.15) is 77.2 Å². The number of carbonyl (C=O) groups is 9. The molecule has 69 heavy (non-hydrogen) atoms. The number of rotatable bonds is 32. The second-order valence-electron chi connectivity index (χ2n) is 16.4. The number of aliphatic carboxylic acids is 3. The topological polar surface area (TPSA) is 477 Å². The molecule has 6 amide bonds. The first-order valence-corrected chi connectivity index (χ1v) is 22.0. The van der Waals surface area contributed by atoms with E-state index in [0.29, 0.717) is 16.5 Å². The van der Waals surface area contributed by atoms with E-state index in [-0.39, 0.29) is 75.9 Å². The number of aromatic nitrogens is 1. The summed E-state index contributed by atoms with van der Waals surface area (Å²) in [7, 11) is 0. The lowest BCUT2D eigenvalue weighted by Gasteiger charge is -2.28. The van der Waals surface area contributed by atoms with E-state index < -0.39 is 122 Å². The van der Waals surface area contributed by atoms with Gasteiger partial charge in [0.2, 0.25) is 35.4 Å². The fraction of sp³-hybridized carbons (Fsp3) is 0.548. The molecule has 21 N–H and O–H groups in total. The number of amides is 6. The highest BCUT2D eigenvalue weighted by Gasteiger charge is 2.34. The summed E-state index contributed by atoms with van der Waals surface area (Å²) in [6.07, 6.45) is -0.369. The fourth-order valence-corrected chi connectivity index (χ4v) is 6.75. The van der Waals surface area contributed by atoms with Gasteiger partial charge in [-0.3, -0.25) is 48.3 Å². The largest absolute Gasteiger partial charge is 0.481 e. The Kier molecular flexibility index (Phi) is 24.4. The Bertz CT molecular complexity index is 2160. The second kappa shape index (κ2) is 29.3. The van der Waals surface area contributed by atoms with Gasteiger partial charge in [0.25, 0.3) is 0 Å². The molecular weight excluding hydrogens is 909 g/mol. The average molecular weight is 975 g/mol. The van der Waals surface area contributed by atoms with Crippen LogP contribution >= 0.6 is 0 Å². The molecule has 1 heterocycles. The summed E-state index contributed by atoms with van der Waals surface area (Å²) in [6.45, 7) is 2.52. The van der Waals surface area contributed by atoms with E-state index in [4.69, 9.17) is 38.9 Å². The number of nitrogens with zero attached hydrogens (tertiary/aromatic N) is 2. The number of hydrogen-bond donors (Lipinski definition) is 16. The van der Waals surface area contributed by atoms with Crippen LogP contribution in [0.2, 0.25) is 0 Å². The first-order chi connectivity index (χ1) is 32.5. The molecule has 0 fully saturated rings. The minimum absolute atomic E-state index is 0.0114. The molecule has 0 spiro atoms. The lowest BCUT2D eigenvalue weighted by atomic mass is 10.00. The summed E-state index contributed by atoms with van der Waals surface area (Å²) in [6, 6.07) is -3.34. The van der Waals surface area contributed by atoms with E-state index >= 15 is 0 Å². The van der Waals surface area contributed by atoms with Gasteiger partial charge in [0.15, 0.2) is 11.9 Å². The van der Waals surface area contributed by atoms with Gasteiger partial charge in [-0.1, -0.05) is 32.0 Å². The quantitative estimate of drug-likeness (QED) is 0.0188. The lowest BCUT2D eigenvalue weighted by molar-refractivity contribution is -0.143. The Morgan fingerprint density at radius 3 is 1.57 bits per heavy atom. The van der Waals surface area contributed by atoms with Gasteiger partial charge in [-0.15, -0.1) is 0 Å². The number of nitrogens with two attached hydrogens (primary N) is 5. The predicted octanol–water partition coefficient (Wildman–Crippen LogP) is -4.09. The molecule has 0 aliphatic carbocycles. The first-order valence-electron chi connectivity index (χ1n) is 22.0. The Hall–Kier alpha value is -7.55. The van der Waals surface area contributed by atoms with Crippen molar-refractivity contribution in [3.63, 3.8) is 0 Å². The van der Waals surface area contributed by atoms with Gasteiger partial charge in [-0.25, -0.2) is 4.79 Å². The molecule has 2 aromatic rings. The van der Waals surface area contributed by atoms with Gasteiger partial charge in [0.1, 0.15) is 36.3 Å². The van der Waals surface area contributed by atoms with Crippen molar-refractivity contribution < 1.29 is 63.6 Å². The minimum Gasteiger partial charge on any atom is -0.481 e. The number of benzene rings is 1. The molecule has 27 heteroatoms. The number of carboxylic acid groups (broad SMARTS) is 3. The number of hydrogen-bond acceptors (Lipinski definition) is 13. The van der Waals surface area contributed by atoms with Crippen molar-refractivity contribution in [2.24, 2.45) is 44.6 Å². The molecule has 0 bridgehead atoms. The van der Waals surface area contributed by atoms with Crippen molar-refractivity contribution in [2.45, 2.75) is 120 Å². The van der Waals surface area contributed by atoms with Gasteiger partial charge in [0, 0.05) is 49.5 Å². The fourth-order valence-electron chi connectivity index (χ4n) is 6.75. The highest BCUT2D eigenvalue weighted by Crippen LogP contribution is 2.20. The standard InChI is InChI=1S/C42H66N14O13/c1-21(2)17-29(37(65)52-27(10-6-16-49-42(46)47)35(63)53-28(40(68)69)12-14-33(60)61)54-38(66)30(18-22-19-50-25-8-4-3-7-23(22)25)55-39(67)31(20-57)56-36(64)26(9-5-15-48-41(44)45)51-34(62)24(43)11-13-32(58)59/h3-4,7-8,19,21,24,26-31,50,57H,5-6,9-18,20,43H2,1-2H3,(H,51,62)(H,52,65)(H,53,63)(H,54,66)(H,55,67)(H,56,64)(H,58,59)(H,60,61)(H,68,69)(H4,44,45,48)(H4,46,47,49)/t24-,26-,27-,28-,29-,30-,31-/m0/s1. The molecule has 0 aliphatic rings. The Morgan fingerprint density at radius 1 is 0.594 bits per heavy atom. The highest BCUT2D eigenvalue weighted by molar-refractivity contribution is 5.97. The van der Waals surface area contributed by atoms with Crippen molar-refractivity contribution in [3.05, 3.63) is 36.0 Å². The molecule has 0 saturated heterocycles. The van der Waals surface area contributed by atoms with E-state index in [1.165, 1.54) is 0 Å². The molecule has 1 aromatic carbocycles. The first kappa shape index (κ1) is 57.6. The van der Waals surface area contributed by atoms with Crippen LogP contribution in [0.4, 0.5) is 0 Å². The van der Waals surface area contributed by atoms with E-state index in [0.717, 1.165) is 0 Å². The van der Waals surface area contributed by atoms with E-state index in [1.54, 1.807) is 44.3 Å². The van der Waals surface area contributed by atoms with E-state index in [2.05, 4.69) is 46.9 Å². The molecule has 0 unspecified atom stereocenters. The van der Waals surface area contributed by atoms with Crippen molar-refractivity contribution in [3.8, 4) is 0 Å². The van der Waals surface area contributed by atoms with E-state index in [9.17, 15) is 53.4 Å². The zero-order valence-electron chi connectivity index (χ0n) is 38.4. The normalized spacial score (nSPS) is 14.0. The number of aliphatic hydroxyl groups is 1. The van der Waals surface area contributed by atoms with Crippen LogP contribution in [0.5, 0.6) is 0 Å². The number of aliphatic imine (C=N–C) groups is 2. The summed E-state index contributed by atoms with van der Waals surface area (Å²) in [5, 5.41) is 53.6. The average Bonchev–Trinajstić information content (AvgIpc) is 3.68. The summed E-state index contributed by atoms with van der Waals surface area (Å²) >= 11 is 0. The monoisotopic (exact) mass is 974 g/mol. The molecule has 382 valence electrons. The third-order valence-corrected chi connectivity index (χ3v) is 10.3. The van der Waals surface area contributed by atoms with E-state index in [1.807, 2.05) is 0 Å². The van der Waals surface area contributed by atoms with Gasteiger partial charge < -0.3 is 86.0 Å². The molecule has 7 atom stereocenters. The molecular formula is C42H66N14O13. The zero-order chi connectivity index (χ0) is 51.8. The maximum Gasteiger partial charge on any atom is 0.326 e. The minimum atomic E-state index is -1.73. The zero-order valence-corrected chi connectivity index (χ0v) is 38.4. The number of carboxylic acids is 3. The van der Waals surface area contributed by atoms with Crippen LogP contribution < -0.4 is 60.6 Å². The number of guanidine groups is 2. The van der Waals surface area contributed by atoms with Crippen molar-refractivity contribution in [2.75, 3.05) is 19.7 Å². The molecule has 0 saturated carbocycles. The van der Waals surface area contributed by atoms with Gasteiger partial charge in [0.05, 0.1) is 12.6 Å². The smallest absolute Gasteiger partial charge is 0.326 e. The second-order valence-corrected chi connectivity index (χ2v) is 16.4. The van der Waals surface area contributed by atoms with Gasteiger partial charge in [-0.05, 0) is 62.5 Å². The van der Waals surface area contributed by atoms with Crippen LogP contribution in [0, 0.1) is 5.92 Å². The predicted molar refractivity (Wildman–Crippen MR) is 249 cm³/mol. The Labute approximate surface area is 396 Å². The van der Waals surface area contributed by atoms with Crippen LogP contribution in [0.3, 0.4) is 0 Å². The van der Waals surface area contributed by atoms with Crippen molar-refractivity contribution in [1.29, 1.82) is 0 Å². The van der Waals surface area contributed by atoms with Crippen molar-refractivity contribution in [1.82, 2.24) is 36.9 Å². The van der Waals surface area contributed by atoms with Crippen LogP contribution in [0.25, 0.3) is 10.9 Å². The van der Waals surface area contributed by atoms with Crippen molar-refractivity contribution >= 4 is 76.2 Å². The third kappa shape index (κ3) is 21.3. The number of nitrogens with one attached hydrogen (secondary N) is 7. The summed E-state index contributed by atoms with van der Waals surface area (Å²) in [5.41, 5.74) is 28.7. The summed E-state index contributed by atoms with van der Waals surface area (Å²) in [5.74, 6) is -10.5. The Balaban J connectivity index is 2.47. The SMILES string of the molecule is CC(C)C[C@H](NC(=O)[C@H](Cc1c[nH]c2ccccc12)NC(=O)[C@H](CO)NC(=O)[C@H](CCCN=C(N)N)NC(=O)[C@@H](N)CCC(=O)O)C(=O)N[C@@H](CCCN=C(N)N)C(=O)N[C@@H](CCC(=O)O)C(=O)O. The maximum atomic E-state index is 14.4. The number of H-pyrrole nitrogens is 1. The highest BCUT2D eigenvalue weighted by atomic mass is 16.4. The number of aromatic amines is 1. The van der Waals surface area contributed by atoms with Gasteiger partial charge in [-0.2, -0.15) is 0 Å². The number of carbonyl (C=O) groups excluding carboxylic acids is 6. The lowest BCUT2D eigenvalue weighted by Crippen LogP contribution is -2.60. The van der Waals surface area contributed by atoms with Crippen LogP contribution in [-0.2, 0) is 49.6 Å². The molecule has 0 aliphatic heterocycles. The number of para-hydroxylation sites is 1. The number of fused-ring (bicyclic) bond motifs is 1. The molecule has 1 aromatic heterocycles. The Morgan fingerprint density at radius 2 is 1.04 bits per heavy atom. The third-order valence-electron chi connectivity index (χ3n) is 10.3. The summed E-state index contributed by atoms with van der Waals surface area (Å²) in [4.78, 5) is 127. The van der Waals surface area contributed by atoms with Crippen LogP contribution in [-0.4, -0.2) is 153 Å². The molecule has 27 nitrogen and oxygen atoms in total.